The van der Waals surface area contributed by atoms with Gasteiger partial charge in [-0.05, 0) is 30.0 Å². The molecule has 3 aromatic rings. The first-order valence-electron chi connectivity index (χ1n) is 6.94. The highest BCUT2D eigenvalue weighted by atomic mass is 32.2. The van der Waals surface area contributed by atoms with E-state index in [-0.39, 0.29) is 17.8 Å². The number of aromatic nitrogens is 2. The molecule has 0 aliphatic heterocycles. The van der Waals surface area contributed by atoms with Crippen LogP contribution in [0.15, 0.2) is 58.2 Å². The van der Waals surface area contributed by atoms with Gasteiger partial charge in [-0.25, -0.2) is 4.68 Å². The molecule has 23 heavy (non-hydrogen) atoms. The summed E-state index contributed by atoms with van der Waals surface area (Å²) in [7, 11) is 0. The van der Waals surface area contributed by atoms with E-state index in [9.17, 15) is 14.7 Å². The van der Waals surface area contributed by atoms with Crippen LogP contribution in [0.25, 0.3) is 10.8 Å². The molecule has 2 aromatic carbocycles. The molecule has 0 unspecified atom stereocenters. The number of thioether (sulfide) groups is 1. The summed E-state index contributed by atoms with van der Waals surface area (Å²) in [5.41, 5.74) is 0.331. The van der Waals surface area contributed by atoms with Crippen molar-refractivity contribution >= 4 is 28.5 Å². The maximum absolute atomic E-state index is 12.5. The number of carbonyl (C=O) groups excluding carboxylic acids is 1. The van der Waals surface area contributed by atoms with Gasteiger partial charge in [-0.2, -0.15) is 5.10 Å². The number of rotatable bonds is 4. The van der Waals surface area contributed by atoms with Crippen molar-refractivity contribution in [3.05, 3.63) is 70.1 Å². The molecule has 116 valence electrons. The van der Waals surface area contributed by atoms with Crippen LogP contribution in [0.3, 0.4) is 0 Å². The molecule has 6 heteroatoms. The highest BCUT2D eigenvalue weighted by Gasteiger charge is 2.11. The van der Waals surface area contributed by atoms with Gasteiger partial charge in [0, 0.05) is 10.3 Å². The average Bonchev–Trinajstić information content (AvgIpc) is 2.58. The van der Waals surface area contributed by atoms with E-state index in [0.717, 1.165) is 10.5 Å². The Morgan fingerprint density at radius 1 is 1.13 bits per heavy atom. The molecule has 0 radical (unpaired) electrons. The Labute approximate surface area is 136 Å². The second-order valence-corrected chi connectivity index (χ2v) is 5.87. The Bertz CT molecular complexity index is 933. The minimum Gasteiger partial charge on any atom is -0.543 e. The molecule has 0 amide bonds. The lowest BCUT2D eigenvalue weighted by molar-refractivity contribution is -0.255. The second kappa shape index (κ2) is 6.26. The average molecular weight is 325 g/mol. The lowest BCUT2D eigenvalue weighted by Gasteiger charge is -2.11. The van der Waals surface area contributed by atoms with Gasteiger partial charge in [0.05, 0.1) is 17.9 Å². The monoisotopic (exact) mass is 325 g/mol. The Kier molecular flexibility index (Phi) is 4.16. The van der Waals surface area contributed by atoms with Crippen LogP contribution in [0.4, 0.5) is 0 Å². The van der Waals surface area contributed by atoms with Crippen molar-refractivity contribution in [2.24, 2.45) is 0 Å². The van der Waals surface area contributed by atoms with Gasteiger partial charge in [0.15, 0.2) is 0 Å². The van der Waals surface area contributed by atoms with Crippen LogP contribution in [0.1, 0.15) is 16.1 Å². The Morgan fingerprint density at radius 3 is 2.39 bits per heavy atom. The summed E-state index contributed by atoms with van der Waals surface area (Å²) >= 11 is 1.63. The second-order valence-electron chi connectivity index (χ2n) is 4.99. The van der Waals surface area contributed by atoms with Crippen LogP contribution in [0.2, 0.25) is 0 Å². The summed E-state index contributed by atoms with van der Waals surface area (Å²) in [5, 5.41) is 15.9. The first kappa shape index (κ1) is 15.3. The standard InChI is InChI=1S/C17H14N2O3S/c1-23-12-8-6-11(7-9-12)10-19-16(20)14-5-3-2-4-13(14)15(18-19)17(21)22/h2-9H,10H2,1H3,(H,21,22)/p-1. The molecule has 0 aliphatic rings. The zero-order valence-corrected chi connectivity index (χ0v) is 13.2. The van der Waals surface area contributed by atoms with Crippen molar-refractivity contribution in [2.75, 3.05) is 6.26 Å². The summed E-state index contributed by atoms with van der Waals surface area (Å²) in [5.74, 6) is -1.40. The van der Waals surface area contributed by atoms with Crippen LogP contribution in [-0.4, -0.2) is 22.0 Å². The number of carboxylic acids is 1. The van der Waals surface area contributed by atoms with E-state index in [1.54, 1.807) is 36.0 Å². The Hall–Kier alpha value is -2.60. The quantitative estimate of drug-likeness (QED) is 0.680. The summed E-state index contributed by atoms with van der Waals surface area (Å²) < 4.78 is 1.17. The molecule has 0 saturated heterocycles. The predicted octanol–water partition coefficient (Wildman–Crippen LogP) is 1.53. The van der Waals surface area contributed by atoms with Crippen LogP contribution < -0.4 is 10.7 Å². The van der Waals surface area contributed by atoms with Gasteiger partial charge in [-0.1, -0.05) is 30.3 Å². The molecule has 0 saturated carbocycles. The third-order valence-corrected chi connectivity index (χ3v) is 4.30. The van der Waals surface area contributed by atoms with E-state index in [1.807, 2.05) is 30.5 Å². The lowest BCUT2D eigenvalue weighted by Crippen LogP contribution is -2.31. The molecule has 0 aliphatic carbocycles. The molecule has 0 spiro atoms. The molecular formula is C17H13N2O3S-. The Balaban J connectivity index is 2.11. The van der Waals surface area contributed by atoms with Gasteiger partial charge in [0.1, 0.15) is 5.69 Å². The van der Waals surface area contributed by atoms with Crippen molar-refractivity contribution in [3.63, 3.8) is 0 Å². The van der Waals surface area contributed by atoms with Crippen molar-refractivity contribution in [3.8, 4) is 0 Å². The van der Waals surface area contributed by atoms with Crippen LogP contribution in [-0.2, 0) is 6.54 Å². The van der Waals surface area contributed by atoms with Crippen LogP contribution in [0.5, 0.6) is 0 Å². The van der Waals surface area contributed by atoms with Gasteiger partial charge in [0.25, 0.3) is 5.56 Å². The minimum absolute atomic E-state index is 0.207. The number of hydrogen-bond donors (Lipinski definition) is 0. The number of fused-ring (bicyclic) bond motifs is 1. The summed E-state index contributed by atoms with van der Waals surface area (Å²) in [6, 6.07) is 14.2. The highest BCUT2D eigenvalue weighted by molar-refractivity contribution is 7.98. The van der Waals surface area contributed by atoms with E-state index in [2.05, 4.69) is 5.10 Å². The lowest BCUT2D eigenvalue weighted by atomic mass is 10.1. The predicted molar refractivity (Wildman–Crippen MR) is 87.7 cm³/mol. The van der Waals surface area contributed by atoms with E-state index >= 15 is 0 Å². The number of benzene rings is 2. The van der Waals surface area contributed by atoms with Crippen LogP contribution in [0, 0.1) is 0 Å². The topological polar surface area (TPSA) is 75.0 Å². The van der Waals surface area contributed by atoms with Crippen molar-refractivity contribution in [2.45, 2.75) is 11.4 Å². The molecule has 0 fully saturated rings. The maximum atomic E-state index is 12.5. The van der Waals surface area contributed by atoms with Gasteiger partial charge in [-0.3, -0.25) is 4.79 Å². The molecule has 1 heterocycles. The highest BCUT2D eigenvalue weighted by Crippen LogP contribution is 2.16. The zero-order chi connectivity index (χ0) is 16.4. The van der Waals surface area contributed by atoms with E-state index < -0.39 is 5.97 Å². The largest absolute Gasteiger partial charge is 0.543 e. The SMILES string of the molecule is CSc1ccc(Cn2nc(C(=O)[O-])c3ccccc3c2=O)cc1. The minimum atomic E-state index is -1.40. The molecule has 3 rings (SSSR count). The van der Waals surface area contributed by atoms with E-state index in [1.165, 1.54) is 4.68 Å². The molecule has 0 bridgehead atoms. The molecular weight excluding hydrogens is 312 g/mol. The molecule has 0 N–H and O–H groups in total. The molecule has 1 aromatic heterocycles. The normalized spacial score (nSPS) is 10.8. The van der Waals surface area contributed by atoms with Gasteiger partial charge in [0.2, 0.25) is 0 Å². The Morgan fingerprint density at radius 2 is 1.78 bits per heavy atom. The molecule has 0 atom stereocenters. The number of nitrogens with zero attached hydrogens (tertiary/aromatic N) is 2. The van der Waals surface area contributed by atoms with Gasteiger partial charge in [-0.15, -0.1) is 11.8 Å². The fourth-order valence-corrected chi connectivity index (χ4v) is 2.81. The summed E-state index contributed by atoms with van der Waals surface area (Å²) in [4.78, 5) is 25.0. The van der Waals surface area contributed by atoms with Gasteiger partial charge < -0.3 is 9.90 Å². The third kappa shape index (κ3) is 2.98. The molecule has 5 nitrogen and oxygen atoms in total. The van der Waals surface area contributed by atoms with E-state index in [4.69, 9.17) is 0 Å². The van der Waals surface area contributed by atoms with Crippen molar-refractivity contribution < 1.29 is 9.90 Å². The number of carboxylic acid groups (broad SMARTS) is 1. The number of aromatic carboxylic acids is 1. The van der Waals surface area contributed by atoms with Crippen molar-refractivity contribution in [1.29, 1.82) is 0 Å². The first-order valence-corrected chi connectivity index (χ1v) is 8.17. The van der Waals surface area contributed by atoms with E-state index in [0.29, 0.717) is 10.8 Å². The maximum Gasteiger partial charge on any atom is 0.274 e. The third-order valence-electron chi connectivity index (χ3n) is 3.55. The fraction of sp³-hybridized carbons (Fsp3) is 0.118. The fourth-order valence-electron chi connectivity index (χ4n) is 2.40. The summed E-state index contributed by atoms with van der Waals surface area (Å²) in [6.07, 6.45) is 1.98. The number of carbonyl (C=O) groups is 1. The smallest absolute Gasteiger partial charge is 0.274 e. The summed E-state index contributed by atoms with van der Waals surface area (Å²) in [6.45, 7) is 0.207. The van der Waals surface area contributed by atoms with Crippen molar-refractivity contribution in [1.82, 2.24) is 9.78 Å². The zero-order valence-electron chi connectivity index (χ0n) is 12.4. The number of hydrogen-bond acceptors (Lipinski definition) is 5. The van der Waals surface area contributed by atoms with Crippen LogP contribution >= 0.6 is 11.8 Å². The van der Waals surface area contributed by atoms with Gasteiger partial charge >= 0.3 is 0 Å². The first-order chi connectivity index (χ1) is 11.1.